The number of ether oxygens (including phenoxy) is 1. The SMILES string of the molecule is COc1cccc(C(=O)C2=CC(C)(I)c3ncc(-c4ccsc4)cc32)c1. The number of aromatic nitrogens is 1. The molecule has 1 unspecified atom stereocenters. The number of allylic oxidation sites excluding steroid dienone is 2. The lowest BCUT2D eigenvalue weighted by Gasteiger charge is -2.14. The fraction of sp³-hybridized carbons (Fsp3) is 0.143. The number of pyridine rings is 1. The first-order valence-corrected chi connectivity index (χ1v) is 10.2. The van der Waals surface area contributed by atoms with Gasteiger partial charge in [-0.1, -0.05) is 40.8 Å². The summed E-state index contributed by atoms with van der Waals surface area (Å²) in [7, 11) is 1.60. The third kappa shape index (κ3) is 2.99. The molecule has 3 nitrogen and oxygen atoms in total. The van der Waals surface area contributed by atoms with Gasteiger partial charge in [0, 0.05) is 28.5 Å². The zero-order valence-corrected chi connectivity index (χ0v) is 17.3. The molecule has 1 aromatic carbocycles. The molecule has 26 heavy (non-hydrogen) atoms. The molecule has 0 saturated heterocycles. The van der Waals surface area contributed by atoms with E-state index in [1.807, 2.05) is 35.9 Å². The normalized spacial score (nSPS) is 18.3. The second kappa shape index (κ2) is 6.63. The summed E-state index contributed by atoms with van der Waals surface area (Å²) in [5.74, 6) is 0.673. The van der Waals surface area contributed by atoms with Crippen LogP contribution >= 0.6 is 33.9 Å². The Labute approximate surface area is 169 Å². The summed E-state index contributed by atoms with van der Waals surface area (Å²) in [5.41, 5.74) is 5.33. The van der Waals surface area contributed by atoms with Crippen molar-refractivity contribution >= 4 is 45.3 Å². The van der Waals surface area contributed by atoms with Crippen LogP contribution in [0.25, 0.3) is 16.7 Å². The smallest absolute Gasteiger partial charge is 0.193 e. The highest BCUT2D eigenvalue weighted by Crippen LogP contribution is 2.46. The Hall–Kier alpha value is -1.99. The third-order valence-electron chi connectivity index (χ3n) is 4.49. The molecule has 0 spiro atoms. The summed E-state index contributed by atoms with van der Waals surface area (Å²) in [6.07, 6.45) is 3.91. The summed E-state index contributed by atoms with van der Waals surface area (Å²) < 4.78 is 4.96. The number of halogens is 1. The van der Waals surface area contributed by atoms with Crippen molar-refractivity contribution in [2.24, 2.45) is 0 Å². The number of hydrogen-bond acceptors (Lipinski definition) is 4. The molecule has 0 aliphatic heterocycles. The molecule has 4 rings (SSSR count). The topological polar surface area (TPSA) is 39.2 Å². The lowest BCUT2D eigenvalue weighted by molar-refractivity contribution is 0.105. The van der Waals surface area contributed by atoms with Crippen LogP contribution in [0.1, 0.15) is 28.5 Å². The van der Waals surface area contributed by atoms with E-state index in [2.05, 4.69) is 47.0 Å². The number of nitrogens with zero attached hydrogens (tertiary/aromatic N) is 1. The fourth-order valence-corrected chi connectivity index (χ4v) is 4.58. The molecule has 2 aromatic heterocycles. The minimum Gasteiger partial charge on any atom is -0.497 e. The molecule has 130 valence electrons. The number of hydrogen-bond donors (Lipinski definition) is 0. The number of fused-ring (bicyclic) bond motifs is 1. The van der Waals surface area contributed by atoms with Gasteiger partial charge in [-0.3, -0.25) is 9.78 Å². The van der Waals surface area contributed by atoms with Gasteiger partial charge in [-0.2, -0.15) is 11.3 Å². The molecule has 0 N–H and O–H groups in total. The Morgan fingerprint density at radius 2 is 2.08 bits per heavy atom. The van der Waals surface area contributed by atoms with Crippen LogP contribution in [0.2, 0.25) is 0 Å². The Morgan fingerprint density at radius 1 is 1.23 bits per heavy atom. The molecule has 2 heterocycles. The maximum Gasteiger partial charge on any atom is 0.193 e. The molecule has 3 aromatic rings. The molecular formula is C21H16INO2S. The molecule has 0 bridgehead atoms. The Kier molecular flexibility index (Phi) is 4.44. The van der Waals surface area contributed by atoms with Gasteiger partial charge in [-0.15, -0.1) is 0 Å². The second-order valence-corrected chi connectivity index (χ2v) is 9.35. The number of carbonyl (C=O) groups is 1. The number of ketones is 1. The second-order valence-electron chi connectivity index (χ2n) is 6.33. The number of thiophene rings is 1. The molecule has 1 atom stereocenters. The van der Waals surface area contributed by atoms with E-state index in [9.17, 15) is 4.79 Å². The van der Waals surface area contributed by atoms with Crippen molar-refractivity contribution in [3.05, 3.63) is 76.3 Å². The van der Waals surface area contributed by atoms with Crippen molar-refractivity contribution in [2.75, 3.05) is 7.11 Å². The molecule has 1 aliphatic carbocycles. The van der Waals surface area contributed by atoms with Crippen molar-refractivity contribution in [1.29, 1.82) is 0 Å². The molecule has 1 aliphatic rings. The van der Waals surface area contributed by atoms with Gasteiger partial charge >= 0.3 is 0 Å². The van der Waals surface area contributed by atoms with Gasteiger partial charge in [0.25, 0.3) is 0 Å². The van der Waals surface area contributed by atoms with Crippen LogP contribution in [0.5, 0.6) is 5.75 Å². The first-order valence-electron chi connectivity index (χ1n) is 8.13. The highest BCUT2D eigenvalue weighted by Gasteiger charge is 2.36. The van der Waals surface area contributed by atoms with Gasteiger partial charge in [0.2, 0.25) is 0 Å². The van der Waals surface area contributed by atoms with Crippen LogP contribution < -0.4 is 4.74 Å². The van der Waals surface area contributed by atoms with Crippen molar-refractivity contribution in [2.45, 2.75) is 10.3 Å². The van der Waals surface area contributed by atoms with Crippen molar-refractivity contribution in [3.63, 3.8) is 0 Å². The standard InChI is InChI=1S/C21H16INO2S/c1-21(22)10-18(19(24)13-4-3-5-16(8-13)25-2)17-9-15(11-23-20(17)21)14-6-7-26-12-14/h3-12H,1-2H3. The highest BCUT2D eigenvalue weighted by atomic mass is 127. The van der Waals surface area contributed by atoms with Crippen LogP contribution in [0.3, 0.4) is 0 Å². The van der Waals surface area contributed by atoms with Crippen LogP contribution in [-0.4, -0.2) is 17.9 Å². The van der Waals surface area contributed by atoms with Crippen LogP contribution in [0.4, 0.5) is 0 Å². The maximum atomic E-state index is 13.2. The zero-order chi connectivity index (χ0) is 18.3. The lowest BCUT2D eigenvalue weighted by atomic mass is 9.97. The molecule has 0 saturated carbocycles. The maximum absolute atomic E-state index is 13.2. The number of Topliss-reactive ketones (excluding diaryl/α,β-unsaturated/α-hetero) is 1. The first kappa shape index (κ1) is 17.4. The Balaban J connectivity index is 1.81. The molecular weight excluding hydrogens is 457 g/mol. The number of benzene rings is 1. The molecule has 5 heteroatoms. The van der Waals surface area contributed by atoms with Crippen LogP contribution in [0, 0.1) is 0 Å². The largest absolute Gasteiger partial charge is 0.497 e. The van der Waals surface area contributed by atoms with E-state index >= 15 is 0 Å². The predicted octanol–water partition coefficient (Wildman–Crippen LogP) is 5.75. The number of alkyl halides is 1. The van der Waals surface area contributed by atoms with Crippen molar-refractivity contribution < 1.29 is 9.53 Å². The van der Waals surface area contributed by atoms with Gasteiger partial charge in [0.05, 0.1) is 16.2 Å². The van der Waals surface area contributed by atoms with E-state index in [1.54, 1.807) is 24.5 Å². The molecule has 0 radical (unpaired) electrons. The van der Waals surface area contributed by atoms with Crippen molar-refractivity contribution in [1.82, 2.24) is 4.98 Å². The lowest BCUT2D eigenvalue weighted by Crippen LogP contribution is -2.08. The minimum atomic E-state index is -0.301. The summed E-state index contributed by atoms with van der Waals surface area (Å²) in [6.45, 7) is 2.08. The average Bonchev–Trinajstić information content (AvgIpc) is 3.28. The average molecular weight is 473 g/mol. The minimum absolute atomic E-state index is 0.00481. The quantitative estimate of drug-likeness (QED) is 0.275. The summed E-state index contributed by atoms with van der Waals surface area (Å²) in [5, 5.41) is 4.14. The third-order valence-corrected chi connectivity index (χ3v) is 5.99. The van der Waals surface area contributed by atoms with Gasteiger partial charge in [0.15, 0.2) is 5.78 Å². The summed E-state index contributed by atoms with van der Waals surface area (Å²) in [6, 6.07) is 11.4. The predicted molar refractivity (Wildman–Crippen MR) is 114 cm³/mol. The molecule has 0 amide bonds. The van der Waals surface area contributed by atoms with E-state index in [4.69, 9.17) is 9.72 Å². The monoisotopic (exact) mass is 473 g/mol. The Morgan fingerprint density at radius 3 is 2.81 bits per heavy atom. The fourth-order valence-electron chi connectivity index (χ4n) is 3.17. The summed E-state index contributed by atoms with van der Waals surface area (Å²) >= 11 is 4.00. The Bertz CT molecular complexity index is 1020. The van der Waals surface area contributed by atoms with Crippen molar-refractivity contribution in [3.8, 4) is 16.9 Å². The van der Waals surface area contributed by atoms with Crippen LogP contribution in [0.15, 0.2) is 59.4 Å². The van der Waals surface area contributed by atoms with E-state index in [1.165, 1.54) is 0 Å². The summed E-state index contributed by atoms with van der Waals surface area (Å²) in [4.78, 5) is 17.9. The van der Waals surface area contributed by atoms with Gasteiger partial charge in [-0.05, 0) is 47.5 Å². The van der Waals surface area contributed by atoms with Gasteiger partial charge < -0.3 is 4.74 Å². The van der Waals surface area contributed by atoms with Gasteiger partial charge in [0.1, 0.15) is 5.75 Å². The van der Waals surface area contributed by atoms with E-state index < -0.39 is 0 Å². The highest BCUT2D eigenvalue weighted by molar-refractivity contribution is 14.1. The van der Waals surface area contributed by atoms with Crippen LogP contribution in [-0.2, 0) is 3.42 Å². The number of carbonyl (C=O) groups excluding carboxylic acids is 1. The number of rotatable bonds is 4. The zero-order valence-electron chi connectivity index (χ0n) is 14.3. The van der Waals surface area contributed by atoms with Gasteiger partial charge in [-0.25, -0.2) is 0 Å². The molecule has 0 fully saturated rings. The first-order chi connectivity index (χ1) is 12.5. The van der Waals surface area contributed by atoms with E-state index in [0.717, 1.165) is 22.4 Å². The van der Waals surface area contributed by atoms with E-state index in [-0.39, 0.29) is 9.20 Å². The number of methoxy groups -OCH3 is 1. The van der Waals surface area contributed by atoms with E-state index in [0.29, 0.717) is 16.9 Å².